The van der Waals surface area contributed by atoms with Crippen LogP contribution in [0.5, 0.6) is 11.5 Å². The van der Waals surface area contributed by atoms with Crippen LogP contribution in [0.15, 0.2) is 29.8 Å². The lowest BCUT2D eigenvalue weighted by Gasteiger charge is -2.18. The van der Waals surface area contributed by atoms with Crippen LogP contribution in [0.3, 0.4) is 0 Å². The SMILES string of the molecule is O=C(CCc1ccc2c(c1)OCCO2)NCCC1=CCCCC1. The Bertz CT molecular complexity index is 580. The van der Waals surface area contributed by atoms with E-state index in [1.54, 1.807) is 0 Å². The van der Waals surface area contributed by atoms with Crippen LogP contribution in [0.1, 0.15) is 44.1 Å². The lowest BCUT2D eigenvalue weighted by Crippen LogP contribution is -2.25. The van der Waals surface area contributed by atoms with Crippen LogP contribution in [0, 0.1) is 0 Å². The summed E-state index contributed by atoms with van der Waals surface area (Å²) in [5.41, 5.74) is 2.61. The van der Waals surface area contributed by atoms with Gasteiger partial charge in [0.1, 0.15) is 13.2 Å². The van der Waals surface area contributed by atoms with Crippen LogP contribution in [-0.4, -0.2) is 25.7 Å². The molecule has 1 amide bonds. The Morgan fingerprint density at radius 2 is 1.96 bits per heavy atom. The third-order valence-electron chi connectivity index (χ3n) is 4.40. The van der Waals surface area contributed by atoms with Crippen LogP contribution in [0.25, 0.3) is 0 Å². The van der Waals surface area contributed by atoms with Gasteiger partial charge >= 0.3 is 0 Å². The fraction of sp³-hybridized carbons (Fsp3) is 0.526. The molecule has 0 fully saturated rings. The van der Waals surface area contributed by atoms with E-state index in [1.807, 2.05) is 18.2 Å². The number of rotatable bonds is 6. The Morgan fingerprint density at radius 1 is 1.09 bits per heavy atom. The number of nitrogens with one attached hydrogen (secondary N) is 1. The lowest BCUT2D eigenvalue weighted by atomic mass is 9.97. The van der Waals surface area contributed by atoms with Crippen molar-refractivity contribution in [1.29, 1.82) is 0 Å². The molecule has 4 nitrogen and oxygen atoms in total. The van der Waals surface area contributed by atoms with Crippen LogP contribution in [-0.2, 0) is 11.2 Å². The summed E-state index contributed by atoms with van der Waals surface area (Å²) in [6.07, 6.45) is 9.58. The Kier molecular flexibility index (Phi) is 5.56. The molecule has 0 atom stereocenters. The van der Waals surface area contributed by atoms with Gasteiger partial charge in [-0.1, -0.05) is 17.7 Å². The summed E-state index contributed by atoms with van der Waals surface area (Å²) >= 11 is 0. The number of aryl methyl sites for hydroxylation is 1. The molecule has 4 heteroatoms. The van der Waals surface area contributed by atoms with Gasteiger partial charge < -0.3 is 14.8 Å². The molecular formula is C19H25NO3. The van der Waals surface area contributed by atoms with Crippen LogP contribution in [0.4, 0.5) is 0 Å². The summed E-state index contributed by atoms with van der Waals surface area (Å²) in [5, 5.41) is 3.03. The van der Waals surface area contributed by atoms with Crippen molar-refractivity contribution in [2.45, 2.75) is 44.9 Å². The molecule has 1 N–H and O–H groups in total. The van der Waals surface area contributed by atoms with Gasteiger partial charge in [-0.2, -0.15) is 0 Å². The third kappa shape index (κ3) is 4.75. The Balaban J connectivity index is 1.39. The first kappa shape index (κ1) is 15.9. The molecule has 1 aromatic rings. The molecule has 2 aliphatic rings. The van der Waals surface area contributed by atoms with Gasteiger partial charge in [0.15, 0.2) is 11.5 Å². The number of benzene rings is 1. The Morgan fingerprint density at radius 3 is 2.78 bits per heavy atom. The fourth-order valence-electron chi connectivity index (χ4n) is 3.08. The first-order valence-electron chi connectivity index (χ1n) is 8.64. The monoisotopic (exact) mass is 315 g/mol. The van der Waals surface area contributed by atoms with Gasteiger partial charge in [-0.15, -0.1) is 0 Å². The second kappa shape index (κ2) is 8.04. The highest BCUT2D eigenvalue weighted by atomic mass is 16.6. The van der Waals surface area contributed by atoms with Crippen molar-refractivity contribution in [3.05, 3.63) is 35.4 Å². The lowest BCUT2D eigenvalue weighted by molar-refractivity contribution is -0.121. The van der Waals surface area contributed by atoms with Crippen molar-refractivity contribution in [2.24, 2.45) is 0 Å². The van der Waals surface area contributed by atoms with Gasteiger partial charge in [-0.3, -0.25) is 4.79 Å². The summed E-state index contributed by atoms with van der Waals surface area (Å²) < 4.78 is 11.1. The molecular weight excluding hydrogens is 290 g/mol. The van der Waals surface area contributed by atoms with E-state index in [4.69, 9.17) is 9.47 Å². The minimum Gasteiger partial charge on any atom is -0.486 e. The van der Waals surface area contributed by atoms with Crippen molar-refractivity contribution in [2.75, 3.05) is 19.8 Å². The van der Waals surface area contributed by atoms with E-state index in [1.165, 1.54) is 31.3 Å². The van der Waals surface area contributed by atoms with E-state index >= 15 is 0 Å². The first-order chi connectivity index (χ1) is 11.3. The molecule has 0 unspecified atom stereocenters. The zero-order valence-electron chi connectivity index (χ0n) is 13.6. The summed E-state index contributed by atoms with van der Waals surface area (Å²) in [7, 11) is 0. The molecule has 1 aliphatic heterocycles. The zero-order valence-corrected chi connectivity index (χ0v) is 13.6. The highest BCUT2D eigenvalue weighted by Gasteiger charge is 2.12. The molecule has 1 heterocycles. The van der Waals surface area contributed by atoms with E-state index in [0.29, 0.717) is 19.6 Å². The van der Waals surface area contributed by atoms with E-state index in [2.05, 4.69) is 11.4 Å². The van der Waals surface area contributed by atoms with E-state index in [-0.39, 0.29) is 5.91 Å². The molecule has 0 aromatic heterocycles. The van der Waals surface area contributed by atoms with Gasteiger partial charge in [0, 0.05) is 13.0 Å². The number of amides is 1. The third-order valence-corrected chi connectivity index (χ3v) is 4.40. The molecule has 0 bridgehead atoms. The number of ether oxygens (including phenoxy) is 2. The van der Waals surface area contributed by atoms with Crippen molar-refractivity contribution in [1.82, 2.24) is 5.32 Å². The number of hydrogen-bond donors (Lipinski definition) is 1. The average Bonchev–Trinajstić information content (AvgIpc) is 2.61. The largest absolute Gasteiger partial charge is 0.486 e. The summed E-state index contributed by atoms with van der Waals surface area (Å²) in [6.45, 7) is 1.95. The molecule has 124 valence electrons. The van der Waals surface area contributed by atoms with Gasteiger partial charge in [0.25, 0.3) is 0 Å². The number of carbonyl (C=O) groups excluding carboxylic acids is 1. The smallest absolute Gasteiger partial charge is 0.220 e. The van der Waals surface area contributed by atoms with E-state index in [9.17, 15) is 4.79 Å². The second-order valence-corrected chi connectivity index (χ2v) is 6.19. The highest BCUT2D eigenvalue weighted by Crippen LogP contribution is 2.31. The first-order valence-corrected chi connectivity index (χ1v) is 8.64. The van der Waals surface area contributed by atoms with Crippen molar-refractivity contribution in [3.63, 3.8) is 0 Å². The van der Waals surface area contributed by atoms with E-state index < -0.39 is 0 Å². The normalized spacial score (nSPS) is 16.6. The predicted molar refractivity (Wildman–Crippen MR) is 89.9 cm³/mol. The topological polar surface area (TPSA) is 47.6 Å². The number of carbonyl (C=O) groups is 1. The molecule has 0 radical (unpaired) electrons. The van der Waals surface area contributed by atoms with Crippen LogP contribution >= 0.6 is 0 Å². The minimum atomic E-state index is 0.122. The molecule has 3 rings (SSSR count). The van der Waals surface area contributed by atoms with Crippen molar-refractivity contribution in [3.8, 4) is 11.5 Å². The quantitative estimate of drug-likeness (QED) is 0.819. The summed E-state index contributed by atoms with van der Waals surface area (Å²) in [6, 6.07) is 5.92. The number of allylic oxidation sites excluding steroid dienone is 1. The maximum Gasteiger partial charge on any atom is 0.220 e. The van der Waals surface area contributed by atoms with Crippen LogP contribution < -0.4 is 14.8 Å². The van der Waals surface area contributed by atoms with E-state index in [0.717, 1.165) is 36.4 Å². The van der Waals surface area contributed by atoms with Gasteiger partial charge in [0.2, 0.25) is 5.91 Å². The summed E-state index contributed by atoms with van der Waals surface area (Å²) in [5.74, 6) is 1.71. The molecule has 0 saturated carbocycles. The number of fused-ring (bicyclic) bond motifs is 1. The molecule has 0 saturated heterocycles. The minimum absolute atomic E-state index is 0.122. The molecule has 1 aliphatic carbocycles. The molecule has 1 aromatic carbocycles. The number of hydrogen-bond acceptors (Lipinski definition) is 3. The zero-order chi connectivity index (χ0) is 15.9. The van der Waals surface area contributed by atoms with Gasteiger partial charge in [0.05, 0.1) is 0 Å². The Hall–Kier alpha value is -1.97. The molecule has 23 heavy (non-hydrogen) atoms. The van der Waals surface area contributed by atoms with Crippen molar-refractivity contribution < 1.29 is 14.3 Å². The van der Waals surface area contributed by atoms with Crippen molar-refractivity contribution >= 4 is 5.91 Å². The predicted octanol–water partition coefficient (Wildman–Crippen LogP) is 3.40. The maximum absolute atomic E-state index is 12.0. The highest BCUT2D eigenvalue weighted by molar-refractivity contribution is 5.76. The summed E-state index contributed by atoms with van der Waals surface area (Å²) in [4.78, 5) is 12.0. The average molecular weight is 315 g/mol. The second-order valence-electron chi connectivity index (χ2n) is 6.19. The standard InChI is InChI=1S/C19H25NO3/c21-19(20-11-10-15-4-2-1-3-5-15)9-7-16-6-8-17-18(14-16)23-13-12-22-17/h4,6,8,14H,1-3,5,7,9-13H2,(H,20,21). The maximum atomic E-state index is 12.0. The fourth-order valence-corrected chi connectivity index (χ4v) is 3.08. The van der Waals surface area contributed by atoms with Crippen LogP contribution in [0.2, 0.25) is 0 Å². The Labute approximate surface area is 137 Å². The molecule has 0 spiro atoms. The van der Waals surface area contributed by atoms with Gasteiger partial charge in [-0.05, 0) is 56.2 Å². The van der Waals surface area contributed by atoms with Gasteiger partial charge in [-0.25, -0.2) is 0 Å².